The summed E-state index contributed by atoms with van der Waals surface area (Å²) >= 11 is 0. The summed E-state index contributed by atoms with van der Waals surface area (Å²) < 4.78 is 53.9. The Labute approximate surface area is 177 Å². The molecule has 0 unspecified atom stereocenters. The fourth-order valence-corrected chi connectivity index (χ4v) is 3.82. The number of ether oxygens (including phenoxy) is 2. The molecule has 0 fully saturated rings. The minimum atomic E-state index is -1.04. The van der Waals surface area contributed by atoms with Gasteiger partial charge in [-0.05, 0) is 62.1 Å². The van der Waals surface area contributed by atoms with Crippen LogP contribution in [0.2, 0.25) is 0 Å². The van der Waals surface area contributed by atoms with E-state index in [1.165, 1.54) is 18.1 Å². The van der Waals surface area contributed by atoms with Gasteiger partial charge in [0, 0.05) is 17.5 Å². The van der Waals surface area contributed by atoms with Crippen molar-refractivity contribution in [3.05, 3.63) is 47.3 Å². The number of methoxy groups -OCH3 is 1. The van der Waals surface area contributed by atoms with Crippen LogP contribution in [0.4, 0.5) is 23.7 Å². The molecule has 9 heteroatoms. The maximum atomic E-state index is 14.8. The van der Waals surface area contributed by atoms with Crippen LogP contribution >= 0.6 is 0 Å². The molecule has 3 rings (SSSR count). The number of aliphatic carboxylic acids is 1. The summed E-state index contributed by atoms with van der Waals surface area (Å²) in [6.45, 7) is 3.37. The second-order valence-electron chi connectivity index (χ2n) is 7.83. The molecule has 0 bridgehead atoms. The Morgan fingerprint density at radius 3 is 2.35 bits per heavy atom. The van der Waals surface area contributed by atoms with Crippen LogP contribution in [0.3, 0.4) is 0 Å². The van der Waals surface area contributed by atoms with E-state index in [4.69, 9.17) is 14.6 Å². The molecule has 6 nitrogen and oxygen atoms in total. The Hall–Kier alpha value is -3.23. The normalized spacial score (nSPS) is 14.3. The first-order valence-corrected chi connectivity index (χ1v) is 9.60. The van der Waals surface area contributed by atoms with Crippen LogP contribution in [-0.4, -0.2) is 36.4 Å². The molecule has 1 heterocycles. The van der Waals surface area contributed by atoms with Gasteiger partial charge in [0.2, 0.25) is 0 Å². The van der Waals surface area contributed by atoms with Gasteiger partial charge < -0.3 is 14.6 Å². The van der Waals surface area contributed by atoms with Gasteiger partial charge in [-0.2, -0.15) is 0 Å². The lowest BCUT2D eigenvalue weighted by molar-refractivity contribution is -0.137. The number of hydrogen-bond donors (Lipinski definition) is 1. The fourth-order valence-electron chi connectivity index (χ4n) is 3.82. The van der Waals surface area contributed by atoms with Crippen molar-refractivity contribution < 1.29 is 37.3 Å². The van der Waals surface area contributed by atoms with E-state index in [1.54, 1.807) is 13.8 Å². The van der Waals surface area contributed by atoms with Crippen molar-refractivity contribution in [2.24, 2.45) is 0 Å². The molecular weight excluding hydrogens is 415 g/mol. The Kier molecular flexibility index (Phi) is 6.15. The van der Waals surface area contributed by atoms with E-state index >= 15 is 0 Å². The molecule has 0 atom stereocenters. The highest BCUT2D eigenvalue weighted by Gasteiger charge is 2.42. The van der Waals surface area contributed by atoms with Crippen LogP contribution in [0.1, 0.15) is 32.3 Å². The quantitative estimate of drug-likeness (QED) is 0.649. The lowest BCUT2D eigenvalue weighted by Crippen LogP contribution is -2.45. The second kappa shape index (κ2) is 8.49. The monoisotopic (exact) mass is 437 g/mol. The minimum Gasteiger partial charge on any atom is -0.488 e. The van der Waals surface area contributed by atoms with E-state index in [0.717, 1.165) is 18.2 Å². The third-order valence-electron chi connectivity index (χ3n) is 5.12. The van der Waals surface area contributed by atoms with Crippen molar-refractivity contribution in [2.45, 2.75) is 38.6 Å². The predicted molar refractivity (Wildman–Crippen MR) is 107 cm³/mol. The molecule has 0 saturated carbocycles. The average Bonchev–Trinajstić information content (AvgIpc) is 2.95. The molecule has 0 spiro atoms. The maximum Gasteiger partial charge on any atom is 0.414 e. The first kappa shape index (κ1) is 22.5. The predicted octanol–water partition coefficient (Wildman–Crippen LogP) is 4.92. The number of carbonyl (C=O) groups is 2. The minimum absolute atomic E-state index is 0.00722. The topological polar surface area (TPSA) is 76.1 Å². The van der Waals surface area contributed by atoms with Crippen molar-refractivity contribution in [1.29, 1.82) is 0 Å². The highest BCUT2D eigenvalue weighted by atomic mass is 19.1. The zero-order valence-electron chi connectivity index (χ0n) is 17.3. The highest BCUT2D eigenvalue weighted by molar-refractivity contribution is 5.94. The SMILES string of the molecule is COC(=O)N1c2ccc(F)c(-c3cc(F)c(OCCCC(=O)O)c(F)c3)c2CC1(C)C. The van der Waals surface area contributed by atoms with Crippen molar-refractivity contribution in [2.75, 3.05) is 18.6 Å². The number of carbonyl (C=O) groups excluding carboxylic acids is 1. The van der Waals surface area contributed by atoms with E-state index in [-0.39, 0.29) is 37.0 Å². The standard InChI is InChI=1S/C22H22F3NO5/c1-22(2)11-13-17(26(22)21(29)30-3)7-6-14(23)19(13)12-9-15(24)20(16(25)10-12)31-8-4-5-18(27)28/h6-7,9-10H,4-5,8,11H2,1-3H3,(H,27,28). The van der Waals surface area contributed by atoms with Crippen molar-refractivity contribution in [1.82, 2.24) is 0 Å². The molecule has 31 heavy (non-hydrogen) atoms. The molecule has 2 aromatic carbocycles. The first-order valence-electron chi connectivity index (χ1n) is 9.60. The number of halogens is 3. The van der Waals surface area contributed by atoms with Crippen LogP contribution in [0, 0.1) is 17.5 Å². The number of fused-ring (bicyclic) bond motifs is 1. The number of hydrogen-bond acceptors (Lipinski definition) is 4. The molecule has 1 aliphatic heterocycles. The van der Waals surface area contributed by atoms with Crippen LogP contribution in [0.5, 0.6) is 5.75 Å². The highest BCUT2D eigenvalue weighted by Crippen LogP contribution is 2.45. The van der Waals surface area contributed by atoms with Crippen molar-refractivity contribution >= 4 is 17.7 Å². The molecule has 1 aliphatic rings. The van der Waals surface area contributed by atoms with Gasteiger partial charge in [-0.3, -0.25) is 9.69 Å². The summed E-state index contributed by atoms with van der Waals surface area (Å²) in [6.07, 6.45) is -0.491. The Morgan fingerprint density at radius 1 is 1.13 bits per heavy atom. The first-order chi connectivity index (χ1) is 14.6. The summed E-state index contributed by atoms with van der Waals surface area (Å²) in [6, 6.07) is 4.49. The van der Waals surface area contributed by atoms with Gasteiger partial charge in [-0.15, -0.1) is 0 Å². The number of anilines is 1. The molecule has 0 aromatic heterocycles. The van der Waals surface area contributed by atoms with Crippen LogP contribution < -0.4 is 9.64 Å². The molecule has 0 radical (unpaired) electrons. The summed E-state index contributed by atoms with van der Waals surface area (Å²) in [4.78, 5) is 24.2. The lowest BCUT2D eigenvalue weighted by Gasteiger charge is -2.30. The van der Waals surface area contributed by atoms with Gasteiger partial charge in [-0.25, -0.2) is 18.0 Å². The van der Waals surface area contributed by atoms with Crippen molar-refractivity contribution in [3.63, 3.8) is 0 Å². The Bertz CT molecular complexity index is 1020. The molecule has 0 aliphatic carbocycles. The third-order valence-corrected chi connectivity index (χ3v) is 5.12. The molecule has 166 valence electrons. The smallest absolute Gasteiger partial charge is 0.414 e. The van der Waals surface area contributed by atoms with Gasteiger partial charge >= 0.3 is 12.1 Å². The Balaban J connectivity index is 2.00. The van der Waals surface area contributed by atoms with Gasteiger partial charge in [0.1, 0.15) is 5.82 Å². The summed E-state index contributed by atoms with van der Waals surface area (Å²) in [7, 11) is 1.24. The molecule has 2 aromatic rings. The van der Waals surface area contributed by atoms with E-state index in [0.29, 0.717) is 11.3 Å². The Morgan fingerprint density at radius 2 is 1.77 bits per heavy atom. The van der Waals surface area contributed by atoms with Crippen molar-refractivity contribution in [3.8, 4) is 16.9 Å². The zero-order chi connectivity index (χ0) is 22.9. The molecular formula is C22H22F3NO5. The fraction of sp³-hybridized carbons (Fsp3) is 0.364. The number of rotatable bonds is 6. The van der Waals surface area contributed by atoms with Gasteiger partial charge in [0.05, 0.1) is 19.4 Å². The van der Waals surface area contributed by atoms with E-state index in [1.807, 2.05) is 0 Å². The van der Waals surface area contributed by atoms with Gasteiger partial charge in [0.25, 0.3) is 0 Å². The van der Waals surface area contributed by atoms with Gasteiger partial charge in [-0.1, -0.05) is 0 Å². The average molecular weight is 437 g/mol. The third kappa shape index (κ3) is 4.30. The van der Waals surface area contributed by atoms with Crippen LogP contribution in [-0.2, 0) is 16.0 Å². The van der Waals surface area contributed by atoms with Gasteiger partial charge in [0.15, 0.2) is 17.4 Å². The summed E-state index contributed by atoms with van der Waals surface area (Å²) in [5, 5.41) is 8.62. The number of amides is 1. The summed E-state index contributed by atoms with van der Waals surface area (Å²) in [5.41, 5.74) is 0.0618. The van der Waals surface area contributed by atoms with Crippen LogP contribution in [0.25, 0.3) is 11.1 Å². The van der Waals surface area contributed by atoms with E-state index in [9.17, 15) is 22.8 Å². The largest absolute Gasteiger partial charge is 0.488 e. The number of carboxylic acid groups (broad SMARTS) is 1. The number of nitrogens with zero attached hydrogens (tertiary/aromatic N) is 1. The lowest BCUT2D eigenvalue weighted by atomic mass is 9.92. The summed E-state index contributed by atoms with van der Waals surface area (Å²) in [5.74, 6) is -4.46. The second-order valence-corrected chi connectivity index (χ2v) is 7.83. The van der Waals surface area contributed by atoms with E-state index < -0.39 is 40.8 Å². The number of benzene rings is 2. The van der Waals surface area contributed by atoms with E-state index in [2.05, 4.69) is 0 Å². The molecule has 1 N–H and O–H groups in total. The zero-order valence-corrected chi connectivity index (χ0v) is 17.3. The number of carboxylic acids is 1. The molecule has 1 amide bonds. The maximum absolute atomic E-state index is 14.8. The molecule has 0 saturated heterocycles. The van der Waals surface area contributed by atoms with Crippen LogP contribution in [0.15, 0.2) is 24.3 Å².